The number of fused-ring (bicyclic) bond motifs is 1. The molecule has 5 heteroatoms. The Morgan fingerprint density at radius 3 is 2.67 bits per heavy atom. The third-order valence-electron chi connectivity index (χ3n) is 2.96. The van der Waals surface area contributed by atoms with Crippen molar-refractivity contribution in [1.29, 1.82) is 0 Å². The molecule has 2 fully saturated rings. The summed E-state index contributed by atoms with van der Waals surface area (Å²) >= 11 is 0. The standard InChI is InChI=1S/C10H14O5/c1-6(11)13-4-10-3-8(10)9(14-5-10)15-7(2)12/h8-9H,3-5H2,1-2H3/t8-,9-,10?/m1/s1. The zero-order chi connectivity index (χ0) is 11.1. The predicted octanol–water partition coefficient (Wildman–Crippen LogP) is 0.475. The molecule has 1 heterocycles. The van der Waals surface area contributed by atoms with Gasteiger partial charge in [0.15, 0.2) is 0 Å². The normalized spacial score (nSPS) is 36.9. The SMILES string of the molecule is CC(=O)OCC12CO[C@H](OC(C)=O)[C@H]1C2. The minimum absolute atomic E-state index is 0.0915. The van der Waals surface area contributed by atoms with Gasteiger partial charge in [-0.15, -0.1) is 0 Å². The topological polar surface area (TPSA) is 61.8 Å². The van der Waals surface area contributed by atoms with Crippen molar-refractivity contribution in [3.8, 4) is 0 Å². The van der Waals surface area contributed by atoms with E-state index >= 15 is 0 Å². The molecular weight excluding hydrogens is 200 g/mol. The van der Waals surface area contributed by atoms with Crippen LogP contribution in [0.2, 0.25) is 0 Å². The summed E-state index contributed by atoms with van der Waals surface area (Å²) < 4.78 is 15.3. The molecule has 1 aliphatic heterocycles. The smallest absolute Gasteiger partial charge is 0.304 e. The summed E-state index contributed by atoms with van der Waals surface area (Å²) in [4.78, 5) is 21.4. The molecule has 0 spiro atoms. The van der Waals surface area contributed by atoms with Crippen LogP contribution in [0.15, 0.2) is 0 Å². The molecule has 5 nitrogen and oxygen atoms in total. The van der Waals surface area contributed by atoms with E-state index in [1.807, 2.05) is 0 Å². The van der Waals surface area contributed by atoms with Crippen molar-refractivity contribution >= 4 is 11.9 Å². The van der Waals surface area contributed by atoms with E-state index in [0.29, 0.717) is 13.2 Å². The highest BCUT2D eigenvalue weighted by Crippen LogP contribution is 2.60. The Labute approximate surface area is 87.7 Å². The summed E-state index contributed by atoms with van der Waals surface area (Å²) in [6, 6.07) is 0. The second-order valence-electron chi connectivity index (χ2n) is 4.24. The summed E-state index contributed by atoms with van der Waals surface area (Å²) in [5.74, 6) is -0.429. The number of hydrogen-bond acceptors (Lipinski definition) is 5. The van der Waals surface area contributed by atoms with Crippen molar-refractivity contribution in [2.45, 2.75) is 26.6 Å². The van der Waals surface area contributed by atoms with Crippen molar-refractivity contribution in [2.75, 3.05) is 13.2 Å². The molecule has 0 radical (unpaired) electrons. The van der Waals surface area contributed by atoms with E-state index in [0.717, 1.165) is 6.42 Å². The van der Waals surface area contributed by atoms with Crippen molar-refractivity contribution in [3.63, 3.8) is 0 Å². The summed E-state index contributed by atoms with van der Waals surface area (Å²) in [7, 11) is 0. The minimum atomic E-state index is -0.446. The van der Waals surface area contributed by atoms with Gasteiger partial charge in [0.2, 0.25) is 6.29 Å². The summed E-state index contributed by atoms with van der Waals surface area (Å²) in [5, 5.41) is 0. The Morgan fingerprint density at radius 1 is 1.40 bits per heavy atom. The highest BCUT2D eigenvalue weighted by molar-refractivity contribution is 5.66. The van der Waals surface area contributed by atoms with Crippen LogP contribution in [-0.4, -0.2) is 31.4 Å². The van der Waals surface area contributed by atoms with Crippen LogP contribution in [0.5, 0.6) is 0 Å². The lowest BCUT2D eigenvalue weighted by Gasteiger charge is -2.11. The number of ether oxygens (including phenoxy) is 3. The van der Waals surface area contributed by atoms with E-state index in [2.05, 4.69) is 0 Å². The van der Waals surface area contributed by atoms with Crippen LogP contribution in [0.4, 0.5) is 0 Å². The first-order valence-corrected chi connectivity index (χ1v) is 4.96. The van der Waals surface area contributed by atoms with Gasteiger partial charge in [-0.05, 0) is 6.42 Å². The first-order valence-electron chi connectivity index (χ1n) is 4.96. The van der Waals surface area contributed by atoms with E-state index in [4.69, 9.17) is 14.2 Å². The van der Waals surface area contributed by atoms with Gasteiger partial charge in [-0.2, -0.15) is 0 Å². The van der Waals surface area contributed by atoms with Gasteiger partial charge in [0, 0.05) is 25.2 Å². The monoisotopic (exact) mass is 214 g/mol. The molecule has 15 heavy (non-hydrogen) atoms. The van der Waals surface area contributed by atoms with Gasteiger partial charge >= 0.3 is 11.9 Å². The van der Waals surface area contributed by atoms with E-state index in [1.165, 1.54) is 13.8 Å². The molecule has 1 aliphatic carbocycles. The molecule has 0 bridgehead atoms. The van der Waals surface area contributed by atoms with E-state index < -0.39 is 6.29 Å². The summed E-state index contributed by atoms with van der Waals surface area (Å²) in [6.07, 6.45) is 0.455. The van der Waals surface area contributed by atoms with Crippen LogP contribution in [0.1, 0.15) is 20.3 Å². The van der Waals surface area contributed by atoms with E-state index in [9.17, 15) is 9.59 Å². The molecular formula is C10H14O5. The molecule has 1 unspecified atom stereocenters. The Kier molecular flexibility index (Phi) is 2.42. The highest BCUT2D eigenvalue weighted by atomic mass is 16.7. The molecule has 84 valence electrons. The van der Waals surface area contributed by atoms with Gasteiger partial charge in [-0.1, -0.05) is 0 Å². The molecule has 1 saturated carbocycles. The maximum atomic E-state index is 10.7. The second-order valence-corrected chi connectivity index (χ2v) is 4.24. The maximum Gasteiger partial charge on any atom is 0.304 e. The maximum absolute atomic E-state index is 10.7. The van der Waals surface area contributed by atoms with Gasteiger partial charge in [-0.25, -0.2) is 0 Å². The molecule has 0 N–H and O–H groups in total. The van der Waals surface area contributed by atoms with Crippen LogP contribution in [0.3, 0.4) is 0 Å². The molecule has 2 rings (SSSR count). The quantitative estimate of drug-likeness (QED) is 0.639. The minimum Gasteiger partial charge on any atom is -0.465 e. The van der Waals surface area contributed by atoms with Gasteiger partial charge in [0.1, 0.15) is 0 Å². The highest BCUT2D eigenvalue weighted by Gasteiger charge is 2.65. The fraction of sp³-hybridized carbons (Fsp3) is 0.800. The lowest BCUT2D eigenvalue weighted by molar-refractivity contribution is -0.172. The molecule has 0 aromatic heterocycles. The Bertz CT molecular complexity index is 300. The molecule has 0 aromatic rings. The average Bonchev–Trinajstić information content (AvgIpc) is 2.77. The Morgan fingerprint density at radius 2 is 2.13 bits per heavy atom. The Hall–Kier alpha value is -1.10. The summed E-state index contributed by atoms with van der Waals surface area (Å²) in [5.41, 5.74) is -0.0915. The Balaban J connectivity index is 1.85. The largest absolute Gasteiger partial charge is 0.465 e. The zero-order valence-electron chi connectivity index (χ0n) is 8.82. The van der Waals surface area contributed by atoms with Crippen molar-refractivity contribution in [1.82, 2.24) is 0 Å². The zero-order valence-corrected chi connectivity index (χ0v) is 8.82. The van der Waals surface area contributed by atoms with Gasteiger partial charge in [0.05, 0.1) is 13.2 Å². The van der Waals surface area contributed by atoms with Gasteiger partial charge < -0.3 is 14.2 Å². The van der Waals surface area contributed by atoms with Crippen LogP contribution in [0.25, 0.3) is 0 Å². The third kappa shape index (κ3) is 1.97. The van der Waals surface area contributed by atoms with Gasteiger partial charge in [0.25, 0.3) is 0 Å². The van der Waals surface area contributed by atoms with Crippen LogP contribution in [-0.2, 0) is 23.8 Å². The van der Waals surface area contributed by atoms with Gasteiger partial charge in [-0.3, -0.25) is 9.59 Å². The predicted molar refractivity (Wildman–Crippen MR) is 48.7 cm³/mol. The molecule has 2 aliphatic rings. The molecule has 0 amide bonds. The average molecular weight is 214 g/mol. The first kappa shape index (κ1) is 10.4. The second kappa shape index (κ2) is 3.48. The van der Waals surface area contributed by atoms with E-state index in [1.54, 1.807) is 0 Å². The van der Waals surface area contributed by atoms with Crippen molar-refractivity contribution < 1.29 is 23.8 Å². The third-order valence-corrected chi connectivity index (χ3v) is 2.96. The molecule has 0 aromatic carbocycles. The number of carbonyl (C=O) groups excluding carboxylic acids is 2. The first-order chi connectivity index (χ1) is 7.03. The lowest BCUT2D eigenvalue weighted by atomic mass is 10.1. The van der Waals surface area contributed by atoms with Crippen LogP contribution < -0.4 is 0 Å². The lowest BCUT2D eigenvalue weighted by Crippen LogP contribution is -2.18. The fourth-order valence-electron chi connectivity index (χ4n) is 2.03. The fourth-order valence-corrected chi connectivity index (χ4v) is 2.03. The molecule has 1 saturated heterocycles. The number of esters is 2. The number of hydrogen-bond donors (Lipinski definition) is 0. The van der Waals surface area contributed by atoms with E-state index in [-0.39, 0.29) is 23.3 Å². The molecule has 3 atom stereocenters. The van der Waals surface area contributed by atoms with Crippen LogP contribution >= 0.6 is 0 Å². The number of carbonyl (C=O) groups is 2. The van der Waals surface area contributed by atoms with Crippen molar-refractivity contribution in [2.24, 2.45) is 11.3 Å². The van der Waals surface area contributed by atoms with Crippen molar-refractivity contribution in [3.05, 3.63) is 0 Å². The van der Waals surface area contributed by atoms with Crippen LogP contribution in [0, 0.1) is 11.3 Å². The number of rotatable bonds is 3. The summed E-state index contributed by atoms with van der Waals surface area (Å²) in [6.45, 7) is 3.61.